The standard InChI is InChI=1S/C16H15BrN2O/c17-12-5-7-13(8-6-12)19-14(10-18)16-9-11-3-1-2-4-15(11)20-16/h1-9,14,19H,10,18H2. The van der Waals surface area contributed by atoms with Gasteiger partial charge in [0.05, 0.1) is 6.04 Å². The minimum Gasteiger partial charge on any atom is -0.459 e. The van der Waals surface area contributed by atoms with Crippen LogP contribution in [0.15, 0.2) is 63.5 Å². The zero-order chi connectivity index (χ0) is 13.9. The molecule has 20 heavy (non-hydrogen) atoms. The molecule has 0 aliphatic rings. The van der Waals surface area contributed by atoms with Gasteiger partial charge in [0, 0.05) is 22.1 Å². The van der Waals surface area contributed by atoms with Crippen molar-refractivity contribution in [3.63, 3.8) is 0 Å². The van der Waals surface area contributed by atoms with E-state index < -0.39 is 0 Å². The summed E-state index contributed by atoms with van der Waals surface area (Å²) in [4.78, 5) is 0. The smallest absolute Gasteiger partial charge is 0.134 e. The van der Waals surface area contributed by atoms with Crippen LogP contribution in [0.2, 0.25) is 0 Å². The van der Waals surface area contributed by atoms with E-state index in [9.17, 15) is 0 Å². The van der Waals surface area contributed by atoms with Gasteiger partial charge in [-0.1, -0.05) is 34.1 Å². The van der Waals surface area contributed by atoms with E-state index in [2.05, 4.69) is 21.2 Å². The van der Waals surface area contributed by atoms with Crippen molar-refractivity contribution < 1.29 is 4.42 Å². The molecule has 0 saturated heterocycles. The van der Waals surface area contributed by atoms with Crippen molar-refractivity contribution in [2.24, 2.45) is 5.73 Å². The first kappa shape index (κ1) is 13.2. The number of furan rings is 1. The lowest BCUT2D eigenvalue weighted by molar-refractivity contribution is 0.515. The van der Waals surface area contributed by atoms with Gasteiger partial charge in [0.2, 0.25) is 0 Å². The zero-order valence-electron chi connectivity index (χ0n) is 10.8. The Morgan fingerprint density at radius 2 is 1.85 bits per heavy atom. The molecular formula is C16H15BrN2O. The van der Waals surface area contributed by atoms with Gasteiger partial charge in [-0.2, -0.15) is 0 Å². The first-order valence-corrected chi connectivity index (χ1v) is 7.26. The molecule has 1 unspecified atom stereocenters. The SMILES string of the molecule is NCC(Nc1ccc(Br)cc1)c1cc2ccccc2o1. The molecule has 0 bridgehead atoms. The number of hydrogen-bond donors (Lipinski definition) is 2. The van der Waals surface area contributed by atoms with Crippen molar-refractivity contribution in [3.8, 4) is 0 Å². The normalized spacial score (nSPS) is 12.5. The van der Waals surface area contributed by atoms with E-state index in [0.717, 1.165) is 26.9 Å². The molecule has 1 heterocycles. The molecule has 0 spiro atoms. The minimum absolute atomic E-state index is 0.0384. The molecule has 3 N–H and O–H groups in total. The fraction of sp³-hybridized carbons (Fsp3) is 0.125. The summed E-state index contributed by atoms with van der Waals surface area (Å²) in [5.74, 6) is 0.858. The number of nitrogens with two attached hydrogens (primary N) is 1. The van der Waals surface area contributed by atoms with Gasteiger partial charge in [0.15, 0.2) is 0 Å². The molecular weight excluding hydrogens is 316 g/mol. The topological polar surface area (TPSA) is 51.2 Å². The molecule has 0 aliphatic carbocycles. The average Bonchev–Trinajstić information content (AvgIpc) is 2.90. The molecule has 0 amide bonds. The highest BCUT2D eigenvalue weighted by atomic mass is 79.9. The van der Waals surface area contributed by atoms with Crippen LogP contribution in [0, 0.1) is 0 Å². The largest absolute Gasteiger partial charge is 0.459 e. The Balaban J connectivity index is 1.87. The maximum Gasteiger partial charge on any atom is 0.134 e. The fourth-order valence-electron chi connectivity index (χ4n) is 2.17. The predicted molar refractivity (Wildman–Crippen MR) is 85.8 cm³/mol. The summed E-state index contributed by atoms with van der Waals surface area (Å²) in [5.41, 5.74) is 7.78. The summed E-state index contributed by atoms with van der Waals surface area (Å²) in [6.07, 6.45) is 0. The molecule has 4 heteroatoms. The van der Waals surface area contributed by atoms with E-state index in [1.807, 2.05) is 54.6 Å². The van der Waals surface area contributed by atoms with E-state index in [4.69, 9.17) is 10.2 Å². The molecule has 2 aromatic carbocycles. The van der Waals surface area contributed by atoms with Crippen LogP contribution >= 0.6 is 15.9 Å². The second-order valence-electron chi connectivity index (χ2n) is 4.63. The van der Waals surface area contributed by atoms with Crippen LogP contribution in [0.4, 0.5) is 5.69 Å². The number of nitrogens with one attached hydrogen (secondary N) is 1. The highest BCUT2D eigenvalue weighted by Gasteiger charge is 2.14. The van der Waals surface area contributed by atoms with E-state index in [0.29, 0.717) is 6.54 Å². The number of rotatable bonds is 4. The van der Waals surface area contributed by atoms with Gasteiger partial charge in [-0.25, -0.2) is 0 Å². The van der Waals surface area contributed by atoms with Gasteiger partial charge in [-0.05, 0) is 36.4 Å². The molecule has 0 saturated carbocycles. The number of halogens is 1. The maximum atomic E-state index is 5.87. The quantitative estimate of drug-likeness (QED) is 0.749. The third-order valence-corrected chi connectivity index (χ3v) is 3.74. The second-order valence-corrected chi connectivity index (χ2v) is 5.54. The second kappa shape index (κ2) is 5.69. The van der Waals surface area contributed by atoms with E-state index in [1.54, 1.807) is 0 Å². The Hall–Kier alpha value is -1.78. The molecule has 102 valence electrons. The first-order valence-electron chi connectivity index (χ1n) is 6.47. The van der Waals surface area contributed by atoms with Crippen molar-refractivity contribution in [2.75, 3.05) is 11.9 Å². The summed E-state index contributed by atoms with van der Waals surface area (Å²) < 4.78 is 6.92. The molecule has 0 radical (unpaired) electrons. The van der Waals surface area contributed by atoms with Crippen molar-refractivity contribution in [2.45, 2.75) is 6.04 Å². The first-order chi connectivity index (χ1) is 9.76. The van der Waals surface area contributed by atoms with Gasteiger partial charge in [0.1, 0.15) is 11.3 Å². The van der Waals surface area contributed by atoms with Crippen LogP contribution in [0.5, 0.6) is 0 Å². The van der Waals surface area contributed by atoms with Crippen LogP contribution in [-0.4, -0.2) is 6.54 Å². The van der Waals surface area contributed by atoms with Crippen LogP contribution in [0.1, 0.15) is 11.8 Å². The van der Waals surface area contributed by atoms with Gasteiger partial charge in [-0.15, -0.1) is 0 Å². The molecule has 0 fully saturated rings. The molecule has 3 aromatic rings. The fourth-order valence-corrected chi connectivity index (χ4v) is 2.43. The van der Waals surface area contributed by atoms with Crippen molar-refractivity contribution in [1.29, 1.82) is 0 Å². The molecule has 1 aromatic heterocycles. The van der Waals surface area contributed by atoms with Crippen molar-refractivity contribution in [3.05, 3.63) is 64.8 Å². The Morgan fingerprint density at radius 1 is 1.10 bits per heavy atom. The van der Waals surface area contributed by atoms with E-state index in [-0.39, 0.29) is 6.04 Å². The monoisotopic (exact) mass is 330 g/mol. The summed E-state index contributed by atoms with van der Waals surface area (Å²) in [5, 5.41) is 4.49. The predicted octanol–water partition coefficient (Wildman–Crippen LogP) is 4.31. The Morgan fingerprint density at radius 3 is 2.55 bits per heavy atom. The van der Waals surface area contributed by atoms with Gasteiger partial charge in [0.25, 0.3) is 0 Å². The summed E-state index contributed by atoms with van der Waals surface area (Å²) in [6, 6.07) is 18.0. The summed E-state index contributed by atoms with van der Waals surface area (Å²) in [6.45, 7) is 0.468. The third kappa shape index (κ3) is 2.71. The summed E-state index contributed by atoms with van der Waals surface area (Å²) in [7, 11) is 0. The summed E-state index contributed by atoms with van der Waals surface area (Å²) >= 11 is 3.43. The van der Waals surface area contributed by atoms with Crippen molar-refractivity contribution in [1.82, 2.24) is 0 Å². The minimum atomic E-state index is -0.0384. The number of anilines is 1. The van der Waals surface area contributed by atoms with Crippen LogP contribution < -0.4 is 11.1 Å². The number of para-hydroxylation sites is 1. The molecule has 1 atom stereocenters. The van der Waals surface area contributed by atoms with Crippen molar-refractivity contribution >= 4 is 32.6 Å². The van der Waals surface area contributed by atoms with E-state index >= 15 is 0 Å². The highest BCUT2D eigenvalue weighted by molar-refractivity contribution is 9.10. The average molecular weight is 331 g/mol. The van der Waals surface area contributed by atoms with Gasteiger partial charge in [-0.3, -0.25) is 0 Å². The third-order valence-electron chi connectivity index (χ3n) is 3.21. The Bertz CT molecular complexity index is 673. The molecule has 0 aliphatic heterocycles. The number of benzene rings is 2. The maximum absolute atomic E-state index is 5.87. The Labute approximate surface area is 125 Å². The number of fused-ring (bicyclic) bond motifs is 1. The Kier molecular flexibility index (Phi) is 3.76. The number of hydrogen-bond acceptors (Lipinski definition) is 3. The van der Waals surface area contributed by atoms with Gasteiger partial charge < -0.3 is 15.5 Å². The molecule has 3 nitrogen and oxygen atoms in total. The lowest BCUT2D eigenvalue weighted by atomic mass is 10.2. The van der Waals surface area contributed by atoms with Gasteiger partial charge >= 0.3 is 0 Å². The molecule has 3 rings (SSSR count). The van der Waals surface area contributed by atoms with Crippen LogP contribution in [-0.2, 0) is 0 Å². The van der Waals surface area contributed by atoms with E-state index in [1.165, 1.54) is 0 Å². The van der Waals surface area contributed by atoms with Crippen LogP contribution in [0.3, 0.4) is 0 Å². The lowest BCUT2D eigenvalue weighted by Gasteiger charge is -2.15. The highest BCUT2D eigenvalue weighted by Crippen LogP contribution is 2.26. The van der Waals surface area contributed by atoms with Crippen LogP contribution in [0.25, 0.3) is 11.0 Å². The lowest BCUT2D eigenvalue weighted by Crippen LogP contribution is -2.19. The zero-order valence-corrected chi connectivity index (χ0v) is 12.4.